The van der Waals surface area contributed by atoms with Crippen LogP contribution in [0.5, 0.6) is 0 Å². The molecule has 0 spiro atoms. The van der Waals surface area contributed by atoms with Crippen LogP contribution in [0.2, 0.25) is 0 Å². The predicted octanol–water partition coefficient (Wildman–Crippen LogP) is -2.81. The average Bonchev–Trinajstić information content (AvgIpc) is 2.22. The highest BCUT2D eigenvalue weighted by Gasteiger charge is 2.34. The molecule has 0 rings (SSSR count). The van der Waals surface area contributed by atoms with Crippen molar-refractivity contribution >= 4 is 12.3 Å². The lowest BCUT2D eigenvalue weighted by atomic mass is 10.0. The fraction of sp³-hybridized carbons (Fsp3) is 0.750. The average molecular weight is 222 g/mol. The predicted molar refractivity (Wildman–Crippen MR) is 46.7 cm³/mol. The van der Waals surface area contributed by atoms with Gasteiger partial charge in [-0.05, 0) is 0 Å². The Kier molecular flexibility index (Phi) is 6.02. The smallest absolute Gasteiger partial charge is 0.303 e. The molecule has 88 valence electrons. The Labute approximate surface area is 85.9 Å². The Morgan fingerprint density at radius 1 is 1.40 bits per heavy atom. The molecule has 0 heterocycles. The van der Waals surface area contributed by atoms with E-state index in [2.05, 4.69) is 4.74 Å². The number of carbonyl (C=O) groups excluding carboxylic acids is 2. The molecule has 0 aliphatic carbocycles. The Bertz CT molecular complexity index is 217. The molecule has 0 aromatic heterocycles. The van der Waals surface area contributed by atoms with Crippen molar-refractivity contribution in [3.63, 3.8) is 0 Å². The molecule has 0 saturated heterocycles. The SMILES string of the molecule is CC(=O)O[C@@H]([C@H](O)[C@H](O)CO)[C@@H](O)C=O. The molecule has 4 N–H and O–H groups in total. The monoisotopic (exact) mass is 222 g/mol. The highest BCUT2D eigenvalue weighted by atomic mass is 16.6. The van der Waals surface area contributed by atoms with Crippen LogP contribution in [0.15, 0.2) is 0 Å². The van der Waals surface area contributed by atoms with Gasteiger partial charge < -0.3 is 30.0 Å². The summed E-state index contributed by atoms with van der Waals surface area (Å²) >= 11 is 0. The van der Waals surface area contributed by atoms with Crippen LogP contribution in [0, 0.1) is 0 Å². The van der Waals surface area contributed by atoms with Crippen LogP contribution in [0.1, 0.15) is 6.92 Å². The molecule has 15 heavy (non-hydrogen) atoms. The second-order valence-corrected chi connectivity index (χ2v) is 2.94. The van der Waals surface area contributed by atoms with Crippen molar-refractivity contribution in [2.45, 2.75) is 31.3 Å². The lowest BCUT2D eigenvalue weighted by molar-refractivity contribution is -0.171. The third-order valence-corrected chi connectivity index (χ3v) is 1.70. The third kappa shape index (κ3) is 4.34. The lowest BCUT2D eigenvalue weighted by Gasteiger charge is -2.26. The Balaban J connectivity index is 4.60. The highest BCUT2D eigenvalue weighted by molar-refractivity contribution is 5.67. The molecule has 0 aromatic carbocycles. The summed E-state index contributed by atoms with van der Waals surface area (Å²) in [5, 5.41) is 36.0. The number of rotatable bonds is 6. The Morgan fingerprint density at radius 3 is 2.27 bits per heavy atom. The van der Waals surface area contributed by atoms with Crippen LogP contribution in [0.4, 0.5) is 0 Å². The summed E-state index contributed by atoms with van der Waals surface area (Å²) in [4.78, 5) is 20.8. The van der Waals surface area contributed by atoms with Crippen molar-refractivity contribution < 1.29 is 34.8 Å². The number of aldehydes is 1. The van der Waals surface area contributed by atoms with Gasteiger partial charge in [0.1, 0.15) is 18.3 Å². The Morgan fingerprint density at radius 2 is 1.93 bits per heavy atom. The van der Waals surface area contributed by atoms with Crippen LogP contribution in [-0.4, -0.2) is 63.7 Å². The van der Waals surface area contributed by atoms with Crippen LogP contribution >= 0.6 is 0 Å². The van der Waals surface area contributed by atoms with Gasteiger partial charge in [0, 0.05) is 6.92 Å². The zero-order valence-corrected chi connectivity index (χ0v) is 8.11. The van der Waals surface area contributed by atoms with Gasteiger partial charge in [0.15, 0.2) is 12.4 Å². The largest absolute Gasteiger partial charge is 0.456 e. The van der Waals surface area contributed by atoms with E-state index in [-0.39, 0.29) is 6.29 Å². The van der Waals surface area contributed by atoms with Crippen molar-refractivity contribution in [1.29, 1.82) is 0 Å². The Hall–Kier alpha value is -1.02. The summed E-state index contributed by atoms with van der Waals surface area (Å²) in [5.41, 5.74) is 0. The molecule has 0 radical (unpaired) electrons. The second kappa shape index (κ2) is 6.46. The maximum absolute atomic E-state index is 10.6. The van der Waals surface area contributed by atoms with Crippen LogP contribution < -0.4 is 0 Å². The van der Waals surface area contributed by atoms with Crippen molar-refractivity contribution in [2.24, 2.45) is 0 Å². The lowest BCUT2D eigenvalue weighted by Crippen LogP contribution is -2.48. The summed E-state index contributed by atoms with van der Waals surface area (Å²) in [7, 11) is 0. The number of aliphatic hydroxyl groups is 4. The van der Waals surface area contributed by atoms with Gasteiger partial charge in [-0.2, -0.15) is 0 Å². The zero-order chi connectivity index (χ0) is 12.0. The van der Waals surface area contributed by atoms with Gasteiger partial charge in [-0.1, -0.05) is 0 Å². The molecule has 0 amide bonds. The van der Waals surface area contributed by atoms with E-state index in [4.69, 9.17) is 15.3 Å². The quantitative estimate of drug-likeness (QED) is 0.282. The summed E-state index contributed by atoms with van der Waals surface area (Å²) in [6.07, 6.45) is -6.64. The van der Waals surface area contributed by atoms with E-state index in [0.717, 1.165) is 6.92 Å². The van der Waals surface area contributed by atoms with E-state index in [0.29, 0.717) is 0 Å². The first-order chi connectivity index (χ1) is 6.93. The highest BCUT2D eigenvalue weighted by Crippen LogP contribution is 2.08. The summed E-state index contributed by atoms with van der Waals surface area (Å²) in [5.74, 6) is -0.829. The van der Waals surface area contributed by atoms with Gasteiger partial charge in [-0.3, -0.25) is 4.79 Å². The van der Waals surface area contributed by atoms with E-state index >= 15 is 0 Å². The molecule has 4 atom stereocenters. The molecule has 0 unspecified atom stereocenters. The fourth-order valence-corrected chi connectivity index (χ4v) is 0.937. The minimum atomic E-state index is -1.76. The van der Waals surface area contributed by atoms with Crippen LogP contribution in [0.25, 0.3) is 0 Å². The number of carbonyl (C=O) groups is 2. The summed E-state index contributed by atoms with van der Waals surface area (Å²) in [6.45, 7) is 0.229. The van der Waals surface area contributed by atoms with Gasteiger partial charge >= 0.3 is 5.97 Å². The normalized spacial score (nSPS) is 18.7. The number of ether oxygens (including phenoxy) is 1. The third-order valence-electron chi connectivity index (χ3n) is 1.70. The number of esters is 1. The van der Waals surface area contributed by atoms with Crippen molar-refractivity contribution in [1.82, 2.24) is 0 Å². The summed E-state index contributed by atoms with van der Waals surface area (Å²) < 4.78 is 4.45. The second-order valence-electron chi connectivity index (χ2n) is 2.94. The maximum Gasteiger partial charge on any atom is 0.303 e. The number of hydrogen-bond donors (Lipinski definition) is 4. The molecular formula is C8H14O7. The topological polar surface area (TPSA) is 124 Å². The van der Waals surface area contributed by atoms with Gasteiger partial charge in [-0.15, -0.1) is 0 Å². The molecule has 0 fully saturated rings. The van der Waals surface area contributed by atoms with Crippen molar-refractivity contribution in [2.75, 3.05) is 6.61 Å². The molecule has 7 nitrogen and oxygen atoms in total. The molecule has 0 aromatic rings. The zero-order valence-electron chi connectivity index (χ0n) is 8.11. The van der Waals surface area contributed by atoms with E-state index in [9.17, 15) is 14.7 Å². The van der Waals surface area contributed by atoms with E-state index in [1.807, 2.05) is 0 Å². The van der Waals surface area contributed by atoms with E-state index < -0.39 is 37.0 Å². The summed E-state index contributed by atoms with van der Waals surface area (Å²) in [6, 6.07) is 0. The fourth-order valence-electron chi connectivity index (χ4n) is 0.937. The number of hydrogen-bond acceptors (Lipinski definition) is 7. The van der Waals surface area contributed by atoms with Gasteiger partial charge in [-0.25, -0.2) is 0 Å². The standard InChI is InChI=1S/C8H14O7/c1-4(11)15-8(6(13)3-10)7(14)5(12)2-9/h3,5-9,12-14H,2H2,1H3/t5-,6+,7-,8-/m1/s1. The van der Waals surface area contributed by atoms with Crippen molar-refractivity contribution in [3.8, 4) is 0 Å². The van der Waals surface area contributed by atoms with E-state index in [1.54, 1.807) is 0 Å². The van der Waals surface area contributed by atoms with Gasteiger partial charge in [0.2, 0.25) is 0 Å². The molecule has 7 heteroatoms. The van der Waals surface area contributed by atoms with Gasteiger partial charge in [0.05, 0.1) is 6.61 Å². The van der Waals surface area contributed by atoms with Crippen molar-refractivity contribution in [3.05, 3.63) is 0 Å². The molecule has 0 aliphatic heterocycles. The molecule has 0 bridgehead atoms. The van der Waals surface area contributed by atoms with Gasteiger partial charge in [0.25, 0.3) is 0 Å². The minimum Gasteiger partial charge on any atom is -0.456 e. The first-order valence-electron chi connectivity index (χ1n) is 4.21. The van der Waals surface area contributed by atoms with Crippen LogP contribution in [0.3, 0.4) is 0 Å². The maximum atomic E-state index is 10.6. The van der Waals surface area contributed by atoms with E-state index in [1.165, 1.54) is 0 Å². The first kappa shape index (κ1) is 14.0. The first-order valence-corrected chi connectivity index (χ1v) is 4.21. The molecular weight excluding hydrogens is 208 g/mol. The minimum absolute atomic E-state index is 0.0565. The van der Waals surface area contributed by atoms with Crippen LogP contribution in [-0.2, 0) is 14.3 Å². The number of aliphatic hydroxyl groups excluding tert-OH is 4. The molecule has 0 saturated carbocycles. The molecule has 0 aliphatic rings.